The van der Waals surface area contributed by atoms with E-state index < -0.39 is 0 Å². The fraction of sp³-hybridized carbons (Fsp3) is 0.111. The lowest BCUT2D eigenvalue weighted by molar-refractivity contribution is 0.580. The Hall–Kier alpha value is -0.770. The smallest absolute Gasteiger partial charge is 0.144 e. The van der Waals surface area contributed by atoms with Crippen LogP contribution in [0.25, 0.3) is 10.6 Å². The van der Waals surface area contributed by atoms with Crippen LogP contribution in [-0.4, -0.2) is 0 Å². The molecule has 0 radical (unpaired) electrons. The first-order chi connectivity index (χ1) is 6.29. The van der Waals surface area contributed by atoms with Crippen molar-refractivity contribution in [3.8, 4) is 10.6 Å². The summed E-state index contributed by atoms with van der Waals surface area (Å²) in [6.07, 6.45) is 1.67. The molecule has 0 fully saturated rings. The maximum Gasteiger partial charge on any atom is 0.144 e. The monoisotopic (exact) mass is 213 g/mol. The molecule has 0 atom stereocenters. The molecule has 68 valence electrons. The Labute approximate surface area is 84.9 Å². The van der Waals surface area contributed by atoms with Crippen LogP contribution in [0.4, 0.5) is 0 Å². The number of halogens is 1. The van der Waals surface area contributed by atoms with Gasteiger partial charge < -0.3 is 10.2 Å². The molecule has 13 heavy (non-hydrogen) atoms. The summed E-state index contributed by atoms with van der Waals surface area (Å²) in [7, 11) is 0. The highest BCUT2D eigenvalue weighted by Crippen LogP contribution is 2.31. The Bertz CT molecular complexity index is 407. The molecule has 0 saturated carbocycles. The fourth-order valence-corrected chi connectivity index (χ4v) is 2.06. The van der Waals surface area contributed by atoms with Crippen molar-refractivity contribution in [1.29, 1.82) is 0 Å². The average Bonchev–Trinajstić information content (AvgIpc) is 2.71. The van der Waals surface area contributed by atoms with E-state index in [-0.39, 0.29) is 0 Å². The van der Waals surface area contributed by atoms with Gasteiger partial charge in [0.05, 0.1) is 15.5 Å². The number of thiophene rings is 1. The van der Waals surface area contributed by atoms with E-state index in [4.69, 9.17) is 21.8 Å². The Morgan fingerprint density at radius 1 is 1.46 bits per heavy atom. The molecule has 2 aromatic heterocycles. The molecule has 0 aliphatic carbocycles. The van der Waals surface area contributed by atoms with Gasteiger partial charge in [0.25, 0.3) is 0 Å². The Morgan fingerprint density at radius 2 is 2.31 bits per heavy atom. The summed E-state index contributed by atoms with van der Waals surface area (Å²) in [5.41, 5.74) is 6.46. The van der Waals surface area contributed by atoms with Crippen LogP contribution in [0.2, 0.25) is 4.34 Å². The molecule has 0 saturated heterocycles. The van der Waals surface area contributed by atoms with Crippen molar-refractivity contribution >= 4 is 22.9 Å². The van der Waals surface area contributed by atoms with Crippen LogP contribution < -0.4 is 5.73 Å². The average molecular weight is 214 g/mol. The molecule has 2 heterocycles. The number of furan rings is 1. The lowest BCUT2D eigenvalue weighted by Crippen LogP contribution is -1.92. The molecule has 2 aromatic rings. The van der Waals surface area contributed by atoms with E-state index in [2.05, 4.69) is 0 Å². The van der Waals surface area contributed by atoms with Gasteiger partial charge in [0.2, 0.25) is 0 Å². The van der Waals surface area contributed by atoms with E-state index in [1.54, 1.807) is 6.26 Å². The van der Waals surface area contributed by atoms with Crippen molar-refractivity contribution in [3.05, 3.63) is 34.4 Å². The second-order valence-electron chi connectivity index (χ2n) is 2.63. The quantitative estimate of drug-likeness (QED) is 0.833. The number of hydrogen-bond acceptors (Lipinski definition) is 3. The molecule has 0 unspecified atom stereocenters. The zero-order valence-electron chi connectivity index (χ0n) is 6.79. The van der Waals surface area contributed by atoms with Crippen molar-refractivity contribution in [3.63, 3.8) is 0 Å². The van der Waals surface area contributed by atoms with E-state index in [0.717, 1.165) is 20.5 Å². The van der Waals surface area contributed by atoms with Gasteiger partial charge in [0.1, 0.15) is 5.76 Å². The van der Waals surface area contributed by atoms with E-state index in [1.807, 2.05) is 18.2 Å². The van der Waals surface area contributed by atoms with Crippen LogP contribution in [0.3, 0.4) is 0 Å². The Balaban J connectivity index is 2.35. The summed E-state index contributed by atoms with van der Waals surface area (Å²) in [6, 6.07) is 5.72. The summed E-state index contributed by atoms with van der Waals surface area (Å²) in [4.78, 5) is 1.03. The first kappa shape index (κ1) is 8.81. The molecular weight excluding hydrogens is 206 g/mol. The maximum absolute atomic E-state index is 5.80. The third kappa shape index (κ3) is 1.77. The van der Waals surface area contributed by atoms with Crippen molar-refractivity contribution in [1.82, 2.24) is 0 Å². The second kappa shape index (κ2) is 3.54. The van der Waals surface area contributed by atoms with E-state index in [1.165, 1.54) is 11.3 Å². The van der Waals surface area contributed by atoms with Crippen molar-refractivity contribution < 1.29 is 4.42 Å². The van der Waals surface area contributed by atoms with Crippen LogP contribution >= 0.6 is 22.9 Å². The number of hydrogen-bond donors (Lipinski definition) is 1. The van der Waals surface area contributed by atoms with Gasteiger partial charge in [-0.2, -0.15) is 0 Å². The topological polar surface area (TPSA) is 39.2 Å². The predicted molar refractivity (Wildman–Crippen MR) is 54.9 cm³/mol. The standard InChI is InChI=1S/C9H8ClNOS/c10-9-2-1-8(13-9)7-3-6(4-11)5-12-7/h1-3,5H,4,11H2. The van der Waals surface area contributed by atoms with E-state index >= 15 is 0 Å². The van der Waals surface area contributed by atoms with Gasteiger partial charge in [-0.15, -0.1) is 11.3 Å². The molecule has 0 aromatic carbocycles. The highest BCUT2D eigenvalue weighted by molar-refractivity contribution is 7.19. The minimum Gasteiger partial charge on any atom is -0.463 e. The Morgan fingerprint density at radius 3 is 2.85 bits per heavy atom. The van der Waals surface area contributed by atoms with Crippen molar-refractivity contribution in [2.75, 3.05) is 0 Å². The summed E-state index contributed by atoms with van der Waals surface area (Å²) in [5.74, 6) is 0.831. The first-order valence-electron chi connectivity index (χ1n) is 3.83. The molecular formula is C9H8ClNOS. The molecule has 2 nitrogen and oxygen atoms in total. The third-order valence-electron chi connectivity index (χ3n) is 1.71. The highest BCUT2D eigenvalue weighted by atomic mass is 35.5. The summed E-state index contributed by atoms with van der Waals surface area (Å²) in [5, 5.41) is 0. The van der Waals surface area contributed by atoms with Gasteiger partial charge in [0, 0.05) is 12.1 Å². The van der Waals surface area contributed by atoms with Crippen LogP contribution in [0.15, 0.2) is 28.9 Å². The summed E-state index contributed by atoms with van der Waals surface area (Å²) in [6.45, 7) is 0.503. The van der Waals surface area contributed by atoms with Gasteiger partial charge in [0.15, 0.2) is 0 Å². The van der Waals surface area contributed by atoms with Crippen LogP contribution in [0, 0.1) is 0 Å². The molecule has 0 aliphatic heterocycles. The highest BCUT2D eigenvalue weighted by Gasteiger charge is 2.05. The van der Waals surface area contributed by atoms with E-state index in [9.17, 15) is 0 Å². The zero-order chi connectivity index (χ0) is 9.26. The third-order valence-corrected chi connectivity index (χ3v) is 2.95. The largest absolute Gasteiger partial charge is 0.463 e. The minimum atomic E-state index is 0.503. The summed E-state index contributed by atoms with van der Waals surface area (Å²) >= 11 is 7.30. The lowest BCUT2D eigenvalue weighted by atomic mass is 10.3. The maximum atomic E-state index is 5.80. The van der Waals surface area contributed by atoms with Crippen LogP contribution in [0.5, 0.6) is 0 Å². The fourth-order valence-electron chi connectivity index (χ4n) is 1.06. The van der Waals surface area contributed by atoms with Gasteiger partial charge in [-0.1, -0.05) is 11.6 Å². The van der Waals surface area contributed by atoms with Gasteiger partial charge in [-0.05, 0) is 18.2 Å². The predicted octanol–water partition coefficient (Wildman–Crippen LogP) is 3.12. The molecule has 2 rings (SSSR count). The van der Waals surface area contributed by atoms with Crippen LogP contribution in [-0.2, 0) is 6.54 Å². The molecule has 0 bridgehead atoms. The van der Waals surface area contributed by atoms with Crippen molar-refractivity contribution in [2.24, 2.45) is 5.73 Å². The number of nitrogens with two attached hydrogens (primary N) is 1. The van der Waals surface area contributed by atoms with Gasteiger partial charge >= 0.3 is 0 Å². The molecule has 2 N–H and O–H groups in total. The minimum absolute atomic E-state index is 0.503. The molecule has 4 heteroatoms. The Kier molecular flexibility index (Phi) is 2.40. The SMILES string of the molecule is NCc1coc(-c2ccc(Cl)s2)c1. The van der Waals surface area contributed by atoms with Gasteiger partial charge in [-0.25, -0.2) is 0 Å². The van der Waals surface area contributed by atoms with Crippen molar-refractivity contribution in [2.45, 2.75) is 6.54 Å². The molecule has 0 aliphatic rings. The lowest BCUT2D eigenvalue weighted by Gasteiger charge is -1.86. The first-order valence-corrected chi connectivity index (χ1v) is 5.02. The second-order valence-corrected chi connectivity index (χ2v) is 4.34. The summed E-state index contributed by atoms with van der Waals surface area (Å²) < 4.78 is 6.09. The van der Waals surface area contributed by atoms with Gasteiger partial charge in [-0.3, -0.25) is 0 Å². The zero-order valence-corrected chi connectivity index (χ0v) is 8.36. The normalized spacial score (nSPS) is 10.6. The van der Waals surface area contributed by atoms with Crippen LogP contribution in [0.1, 0.15) is 5.56 Å². The molecule has 0 amide bonds. The van der Waals surface area contributed by atoms with E-state index in [0.29, 0.717) is 6.54 Å². The number of rotatable bonds is 2. The molecule has 0 spiro atoms.